The van der Waals surface area contributed by atoms with E-state index in [4.69, 9.17) is 9.47 Å². The van der Waals surface area contributed by atoms with Crippen LogP contribution in [0, 0.1) is 13.8 Å². The summed E-state index contributed by atoms with van der Waals surface area (Å²) in [5.74, 6) is 1.20. The number of nitrogens with one attached hydrogen (secondary N) is 1. The summed E-state index contributed by atoms with van der Waals surface area (Å²) >= 11 is 0. The largest absolute Gasteiger partial charge is 0.497 e. The zero-order valence-electron chi connectivity index (χ0n) is 13.8. The number of amides is 1. The smallest absolute Gasteiger partial charge is 0.248 e. The predicted molar refractivity (Wildman–Crippen MR) is 93.1 cm³/mol. The van der Waals surface area contributed by atoms with E-state index in [2.05, 4.69) is 11.4 Å². The third kappa shape index (κ3) is 4.61. The molecule has 0 saturated heterocycles. The van der Waals surface area contributed by atoms with E-state index in [1.807, 2.05) is 38.1 Å². The first-order chi connectivity index (χ1) is 11.0. The summed E-state index contributed by atoms with van der Waals surface area (Å²) in [5.41, 5.74) is 3.79. The highest BCUT2D eigenvalue weighted by Gasteiger charge is 2.04. The maximum atomic E-state index is 12.1. The second kappa shape index (κ2) is 7.49. The fraction of sp³-hybridized carbons (Fsp3) is 0.211. The molecule has 2 aromatic rings. The molecule has 4 heteroatoms. The SMILES string of the molecule is COc1ccc(OC)c(/C=C/C(=O)Nc2cc(C)cc(C)c2)c1. The normalized spacial score (nSPS) is 10.6. The summed E-state index contributed by atoms with van der Waals surface area (Å²) in [4.78, 5) is 12.1. The van der Waals surface area contributed by atoms with Crippen LogP contribution in [-0.4, -0.2) is 20.1 Å². The number of aryl methyl sites for hydroxylation is 2. The van der Waals surface area contributed by atoms with E-state index in [0.717, 1.165) is 22.4 Å². The number of carbonyl (C=O) groups is 1. The Balaban J connectivity index is 2.14. The Bertz CT molecular complexity index is 715. The fourth-order valence-corrected chi connectivity index (χ4v) is 2.37. The van der Waals surface area contributed by atoms with Gasteiger partial charge in [0.1, 0.15) is 11.5 Å². The Hall–Kier alpha value is -2.75. The van der Waals surface area contributed by atoms with Crippen LogP contribution in [0.15, 0.2) is 42.5 Å². The molecule has 2 aromatic carbocycles. The van der Waals surface area contributed by atoms with Crippen molar-refractivity contribution in [3.63, 3.8) is 0 Å². The molecule has 1 N–H and O–H groups in total. The third-order valence-electron chi connectivity index (χ3n) is 3.34. The van der Waals surface area contributed by atoms with Gasteiger partial charge in [0.05, 0.1) is 14.2 Å². The summed E-state index contributed by atoms with van der Waals surface area (Å²) in [6, 6.07) is 11.4. The molecule has 0 aliphatic heterocycles. The van der Waals surface area contributed by atoms with E-state index < -0.39 is 0 Å². The van der Waals surface area contributed by atoms with Gasteiger partial charge in [-0.2, -0.15) is 0 Å². The molecule has 0 unspecified atom stereocenters. The van der Waals surface area contributed by atoms with Gasteiger partial charge in [0.25, 0.3) is 0 Å². The molecule has 120 valence electrons. The summed E-state index contributed by atoms with van der Waals surface area (Å²) in [6.45, 7) is 4.00. The molecular weight excluding hydrogens is 290 g/mol. The van der Waals surface area contributed by atoms with Crippen LogP contribution < -0.4 is 14.8 Å². The van der Waals surface area contributed by atoms with Gasteiger partial charge >= 0.3 is 0 Å². The summed E-state index contributed by atoms with van der Waals surface area (Å²) in [7, 11) is 3.19. The van der Waals surface area contributed by atoms with Crippen molar-refractivity contribution >= 4 is 17.7 Å². The highest BCUT2D eigenvalue weighted by Crippen LogP contribution is 2.25. The number of anilines is 1. The Labute approximate surface area is 136 Å². The van der Waals surface area contributed by atoms with Gasteiger partial charge in [-0.3, -0.25) is 4.79 Å². The van der Waals surface area contributed by atoms with Crippen LogP contribution in [0.4, 0.5) is 5.69 Å². The van der Waals surface area contributed by atoms with Crippen molar-refractivity contribution in [2.24, 2.45) is 0 Å². The number of benzene rings is 2. The highest BCUT2D eigenvalue weighted by atomic mass is 16.5. The molecule has 0 atom stereocenters. The van der Waals surface area contributed by atoms with Gasteiger partial charge in [0.2, 0.25) is 5.91 Å². The second-order valence-corrected chi connectivity index (χ2v) is 5.31. The van der Waals surface area contributed by atoms with Gasteiger partial charge in [-0.25, -0.2) is 0 Å². The second-order valence-electron chi connectivity index (χ2n) is 5.31. The number of methoxy groups -OCH3 is 2. The zero-order chi connectivity index (χ0) is 16.8. The molecular formula is C19H21NO3. The van der Waals surface area contributed by atoms with Crippen molar-refractivity contribution in [1.29, 1.82) is 0 Å². The standard InChI is InChI=1S/C19H21NO3/c1-13-9-14(2)11-16(10-13)20-19(21)8-5-15-12-17(22-3)6-7-18(15)23-4/h5-12H,1-4H3,(H,20,21)/b8-5+. The molecule has 0 saturated carbocycles. The minimum atomic E-state index is -0.195. The van der Waals surface area contributed by atoms with Gasteiger partial charge in [-0.1, -0.05) is 6.07 Å². The lowest BCUT2D eigenvalue weighted by molar-refractivity contribution is -0.111. The number of rotatable bonds is 5. The van der Waals surface area contributed by atoms with E-state index in [1.165, 1.54) is 6.08 Å². The van der Waals surface area contributed by atoms with E-state index in [0.29, 0.717) is 11.5 Å². The van der Waals surface area contributed by atoms with Crippen LogP contribution in [0.25, 0.3) is 6.08 Å². The number of carbonyl (C=O) groups excluding carboxylic acids is 1. The van der Waals surface area contributed by atoms with E-state index in [1.54, 1.807) is 26.4 Å². The summed E-state index contributed by atoms with van der Waals surface area (Å²) in [5, 5.41) is 2.86. The average molecular weight is 311 g/mol. The van der Waals surface area contributed by atoms with Gasteiger partial charge in [0, 0.05) is 17.3 Å². The van der Waals surface area contributed by atoms with E-state index in [9.17, 15) is 4.79 Å². The molecule has 1 amide bonds. The first-order valence-corrected chi connectivity index (χ1v) is 7.31. The van der Waals surface area contributed by atoms with E-state index >= 15 is 0 Å². The Kier molecular flexibility index (Phi) is 5.41. The summed E-state index contributed by atoms with van der Waals surface area (Å²) in [6.07, 6.45) is 3.19. The molecule has 23 heavy (non-hydrogen) atoms. The van der Waals surface area contributed by atoms with Crippen LogP contribution in [0.3, 0.4) is 0 Å². The Morgan fingerprint density at radius 1 is 1.00 bits per heavy atom. The molecule has 0 heterocycles. The fourth-order valence-electron chi connectivity index (χ4n) is 2.37. The number of hydrogen-bond acceptors (Lipinski definition) is 3. The molecule has 0 aliphatic rings. The molecule has 0 bridgehead atoms. The third-order valence-corrected chi connectivity index (χ3v) is 3.34. The van der Waals surface area contributed by atoms with Crippen molar-refractivity contribution in [2.45, 2.75) is 13.8 Å². The van der Waals surface area contributed by atoms with Gasteiger partial charge < -0.3 is 14.8 Å². The lowest BCUT2D eigenvalue weighted by Gasteiger charge is -2.08. The van der Waals surface area contributed by atoms with Gasteiger partial charge in [-0.15, -0.1) is 0 Å². The molecule has 0 fully saturated rings. The minimum Gasteiger partial charge on any atom is -0.497 e. The molecule has 0 spiro atoms. The van der Waals surface area contributed by atoms with Crippen LogP contribution in [0.5, 0.6) is 11.5 Å². The monoisotopic (exact) mass is 311 g/mol. The van der Waals surface area contributed by atoms with Crippen LogP contribution >= 0.6 is 0 Å². The van der Waals surface area contributed by atoms with Gasteiger partial charge in [0.15, 0.2) is 0 Å². The maximum Gasteiger partial charge on any atom is 0.248 e. The first kappa shape index (κ1) is 16.6. The lowest BCUT2D eigenvalue weighted by atomic mass is 10.1. The van der Waals surface area contributed by atoms with Crippen molar-refractivity contribution in [3.8, 4) is 11.5 Å². The summed E-state index contributed by atoms with van der Waals surface area (Å²) < 4.78 is 10.5. The van der Waals surface area contributed by atoms with Crippen molar-refractivity contribution in [1.82, 2.24) is 0 Å². The highest BCUT2D eigenvalue weighted by molar-refractivity contribution is 6.02. The quantitative estimate of drug-likeness (QED) is 0.850. The molecule has 4 nitrogen and oxygen atoms in total. The van der Waals surface area contributed by atoms with Gasteiger partial charge in [-0.05, 0) is 61.4 Å². The Morgan fingerprint density at radius 2 is 1.70 bits per heavy atom. The van der Waals surface area contributed by atoms with Crippen molar-refractivity contribution < 1.29 is 14.3 Å². The average Bonchev–Trinajstić information content (AvgIpc) is 2.51. The van der Waals surface area contributed by atoms with E-state index in [-0.39, 0.29) is 5.91 Å². The van der Waals surface area contributed by atoms with Crippen LogP contribution in [0.1, 0.15) is 16.7 Å². The first-order valence-electron chi connectivity index (χ1n) is 7.31. The van der Waals surface area contributed by atoms with Crippen molar-refractivity contribution in [3.05, 3.63) is 59.2 Å². The topological polar surface area (TPSA) is 47.6 Å². The minimum absolute atomic E-state index is 0.195. The van der Waals surface area contributed by atoms with Crippen molar-refractivity contribution in [2.75, 3.05) is 19.5 Å². The van der Waals surface area contributed by atoms with Crippen LogP contribution in [-0.2, 0) is 4.79 Å². The molecule has 0 radical (unpaired) electrons. The number of hydrogen-bond donors (Lipinski definition) is 1. The zero-order valence-corrected chi connectivity index (χ0v) is 13.8. The van der Waals surface area contributed by atoms with Crippen LogP contribution in [0.2, 0.25) is 0 Å². The molecule has 0 aliphatic carbocycles. The Morgan fingerprint density at radius 3 is 2.30 bits per heavy atom. The molecule has 2 rings (SSSR count). The maximum absolute atomic E-state index is 12.1. The molecule has 0 aromatic heterocycles. The number of ether oxygens (including phenoxy) is 2. The predicted octanol–water partition coefficient (Wildman–Crippen LogP) is 3.97. The lowest BCUT2D eigenvalue weighted by Crippen LogP contribution is -2.08.